The molecule has 1 aromatic heterocycles. The third kappa shape index (κ3) is 5.64. The number of carbonyl (C=O) groups is 1. The number of thiophene rings is 1. The van der Waals surface area contributed by atoms with Crippen LogP contribution in [0.4, 0.5) is 5.69 Å². The number of hydrogen-bond acceptors (Lipinski definition) is 5. The van der Waals surface area contributed by atoms with E-state index in [4.69, 9.17) is 0 Å². The number of aliphatic hydroxyl groups is 1. The Labute approximate surface area is 171 Å². The number of amides is 1. The van der Waals surface area contributed by atoms with Crippen molar-refractivity contribution in [3.05, 3.63) is 46.8 Å². The normalized spacial score (nSPS) is 14.3. The topological polar surface area (TPSA) is 95.5 Å². The maximum Gasteiger partial charge on any atom is 0.252 e. The van der Waals surface area contributed by atoms with Crippen LogP contribution in [-0.4, -0.2) is 25.2 Å². The van der Waals surface area contributed by atoms with Gasteiger partial charge in [0.2, 0.25) is 5.91 Å². The van der Waals surface area contributed by atoms with Gasteiger partial charge in [-0.1, -0.05) is 52.0 Å². The van der Waals surface area contributed by atoms with Gasteiger partial charge in [-0.25, -0.2) is 8.42 Å². The van der Waals surface area contributed by atoms with Crippen molar-refractivity contribution in [2.24, 2.45) is 0 Å². The van der Waals surface area contributed by atoms with Crippen LogP contribution >= 0.6 is 11.3 Å². The van der Waals surface area contributed by atoms with E-state index in [0.29, 0.717) is 0 Å². The molecule has 0 saturated carbocycles. The van der Waals surface area contributed by atoms with Gasteiger partial charge in [0.05, 0.1) is 6.42 Å². The Morgan fingerprint density at radius 2 is 1.68 bits per heavy atom. The number of benzene rings is 1. The number of hydrogen-bond donors (Lipinski definition) is 3. The van der Waals surface area contributed by atoms with Gasteiger partial charge in [-0.15, -0.1) is 11.3 Å². The number of anilines is 1. The van der Waals surface area contributed by atoms with E-state index >= 15 is 0 Å². The highest BCUT2D eigenvalue weighted by Crippen LogP contribution is 2.32. The standard InChI is InChI=1S/C20H28N2O4S2/c1-13(2)15-8-6-9-16(14(3)4)19(15)21-17(23)12-20(5,24)22-28(25,26)18-10-7-11-27-18/h6-11,13-14,22,24H,12H2,1-5H3,(H,21,23). The number of carbonyl (C=O) groups excluding carboxylic acids is 1. The zero-order valence-electron chi connectivity index (χ0n) is 16.8. The van der Waals surface area contributed by atoms with Crippen LogP contribution in [-0.2, 0) is 14.8 Å². The minimum atomic E-state index is -3.90. The highest BCUT2D eigenvalue weighted by atomic mass is 32.2. The molecule has 154 valence electrons. The Balaban J connectivity index is 2.20. The van der Waals surface area contributed by atoms with Crippen LogP contribution in [0.5, 0.6) is 0 Å². The molecule has 0 bridgehead atoms. The second-order valence-corrected chi connectivity index (χ2v) is 10.5. The van der Waals surface area contributed by atoms with E-state index in [1.54, 1.807) is 11.4 Å². The molecule has 0 aliphatic carbocycles. The lowest BCUT2D eigenvalue weighted by Gasteiger charge is -2.25. The molecular weight excluding hydrogens is 396 g/mol. The van der Waals surface area contributed by atoms with Gasteiger partial charge in [0.25, 0.3) is 10.0 Å². The average molecular weight is 425 g/mol. The molecule has 0 fully saturated rings. The first-order valence-corrected chi connectivity index (χ1v) is 11.5. The minimum absolute atomic E-state index is 0.0837. The van der Waals surface area contributed by atoms with Crippen molar-refractivity contribution in [3.63, 3.8) is 0 Å². The van der Waals surface area contributed by atoms with Crippen molar-refractivity contribution in [2.75, 3.05) is 5.32 Å². The maximum atomic E-state index is 12.6. The van der Waals surface area contributed by atoms with E-state index in [1.807, 2.05) is 45.9 Å². The molecule has 28 heavy (non-hydrogen) atoms. The van der Waals surface area contributed by atoms with E-state index in [0.717, 1.165) is 28.2 Å². The zero-order chi connectivity index (χ0) is 21.1. The minimum Gasteiger partial charge on any atom is -0.375 e. The van der Waals surface area contributed by atoms with E-state index in [1.165, 1.54) is 13.0 Å². The highest BCUT2D eigenvalue weighted by molar-refractivity contribution is 7.91. The summed E-state index contributed by atoms with van der Waals surface area (Å²) in [6.45, 7) is 9.44. The van der Waals surface area contributed by atoms with Crippen LogP contribution in [0.2, 0.25) is 0 Å². The van der Waals surface area contributed by atoms with E-state index in [9.17, 15) is 18.3 Å². The summed E-state index contributed by atoms with van der Waals surface area (Å²) in [6.07, 6.45) is -0.415. The Morgan fingerprint density at radius 1 is 1.11 bits per heavy atom. The number of sulfonamides is 1. The monoisotopic (exact) mass is 424 g/mol. The van der Waals surface area contributed by atoms with Gasteiger partial charge in [-0.3, -0.25) is 4.79 Å². The number of para-hydroxylation sites is 1. The predicted octanol–water partition coefficient (Wildman–Crippen LogP) is 4.01. The summed E-state index contributed by atoms with van der Waals surface area (Å²) in [6, 6.07) is 8.94. The third-order valence-electron chi connectivity index (χ3n) is 4.26. The van der Waals surface area contributed by atoms with E-state index < -0.39 is 28.1 Å². The quantitative estimate of drug-likeness (QED) is 0.558. The van der Waals surface area contributed by atoms with Gasteiger partial charge in [-0.05, 0) is 41.3 Å². The largest absolute Gasteiger partial charge is 0.375 e. The second-order valence-electron chi connectivity index (χ2n) is 7.66. The highest BCUT2D eigenvalue weighted by Gasteiger charge is 2.31. The second kappa shape index (κ2) is 8.73. The van der Waals surface area contributed by atoms with Crippen LogP contribution in [0.15, 0.2) is 39.9 Å². The van der Waals surface area contributed by atoms with Gasteiger partial charge in [0.15, 0.2) is 0 Å². The molecule has 2 aromatic rings. The fraction of sp³-hybridized carbons (Fsp3) is 0.450. The third-order valence-corrected chi connectivity index (χ3v) is 7.24. The molecule has 2 rings (SSSR count). The van der Waals surface area contributed by atoms with Crippen molar-refractivity contribution < 1.29 is 18.3 Å². The summed E-state index contributed by atoms with van der Waals surface area (Å²) in [7, 11) is -3.90. The smallest absolute Gasteiger partial charge is 0.252 e. The van der Waals surface area contributed by atoms with Gasteiger partial charge >= 0.3 is 0 Å². The first-order chi connectivity index (χ1) is 12.9. The van der Waals surface area contributed by atoms with E-state index in [-0.39, 0.29) is 16.0 Å². The maximum absolute atomic E-state index is 12.6. The fourth-order valence-corrected chi connectivity index (χ4v) is 5.24. The molecular formula is C20H28N2O4S2. The van der Waals surface area contributed by atoms with Crippen LogP contribution in [0.1, 0.15) is 64.0 Å². The molecule has 1 unspecified atom stereocenters. The van der Waals surface area contributed by atoms with Gasteiger partial charge < -0.3 is 10.4 Å². The molecule has 0 spiro atoms. The Hall–Kier alpha value is -1.74. The number of nitrogens with one attached hydrogen (secondary N) is 2. The Kier molecular flexibility index (Phi) is 7.03. The molecule has 0 aliphatic heterocycles. The lowest BCUT2D eigenvalue weighted by atomic mass is 9.92. The SMILES string of the molecule is CC(C)c1cccc(C(C)C)c1NC(=O)CC(C)(O)NS(=O)(=O)c1cccs1. The molecule has 0 saturated heterocycles. The zero-order valence-corrected chi connectivity index (χ0v) is 18.4. The van der Waals surface area contributed by atoms with Crippen LogP contribution in [0.25, 0.3) is 0 Å². The molecule has 6 nitrogen and oxygen atoms in total. The molecule has 8 heteroatoms. The van der Waals surface area contributed by atoms with Crippen LogP contribution in [0.3, 0.4) is 0 Å². The van der Waals surface area contributed by atoms with Crippen molar-refractivity contribution >= 4 is 33.0 Å². The lowest BCUT2D eigenvalue weighted by Crippen LogP contribution is -2.47. The van der Waals surface area contributed by atoms with Crippen LogP contribution < -0.4 is 10.0 Å². The summed E-state index contributed by atoms with van der Waals surface area (Å²) in [5, 5.41) is 15.0. The van der Waals surface area contributed by atoms with Crippen molar-refractivity contribution in [3.8, 4) is 0 Å². The summed E-state index contributed by atoms with van der Waals surface area (Å²) < 4.78 is 27.0. The summed E-state index contributed by atoms with van der Waals surface area (Å²) in [5.74, 6) is -0.0624. The van der Waals surface area contributed by atoms with Gasteiger partial charge in [-0.2, -0.15) is 4.72 Å². The average Bonchev–Trinajstić information content (AvgIpc) is 3.08. The van der Waals surface area contributed by atoms with Crippen LogP contribution in [0, 0.1) is 0 Å². The molecule has 3 N–H and O–H groups in total. The predicted molar refractivity (Wildman–Crippen MR) is 113 cm³/mol. The molecule has 1 aromatic carbocycles. The summed E-state index contributed by atoms with van der Waals surface area (Å²) in [5.41, 5.74) is 0.809. The fourth-order valence-electron chi connectivity index (χ4n) is 2.98. The first kappa shape index (κ1) is 22.5. The van der Waals surface area contributed by atoms with Gasteiger partial charge in [0, 0.05) is 5.69 Å². The molecule has 1 amide bonds. The Bertz CT molecular complexity index is 891. The van der Waals surface area contributed by atoms with Crippen molar-refractivity contribution in [2.45, 2.75) is 62.8 Å². The van der Waals surface area contributed by atoms with Crippen molar-refractivity contribution in [1.29, 1.82) is 0 Å². The molecule has 0 radical (unpaired) electrons. The summed E-state index contributed by atoms with van der Waals surface area (Å²) >= 11 is 1.04. The lowest BCUT2D eigenvalue weighted by molar-refractivity contribution is -0.120. The first-order valence-electron chi connectivity index (χ1n) is 9.15. The number of rotatable bonds is 8. The molecule has 1 atom stereocenters. The van der Waals surface area contributed by atoms with Crippen molar-refractivity contribution in [1.82, 2.24) is 4.72 Å². The van der Waals surface area contributed by atoms with Gasteiger partial charge in [0.1, 0.15) is 9.93 Å². The van der Waals surface area contributed by atoms with E-state index in [2.05, 4.69) is 10.0 Å². The summed E-state index contributed by atoms with van der Waals surface area (Å²) in [4.78, 5) is 12.6. The Morgan fingerprint density at radius 3 is 2.14 bits per heavy atom. The molecule has 1 heterocycles. The molecule has 0 aliphatic rings.